The Morgan fingerprint density at radius 3 is 2.30 bits per heavy atom. The molecule has 0 aliphatic heterocycles. The van der Waals surface area contributed by atoms with Crippen LogP contribution in [0.4, 0.5) is 0 Å². The van der Waals surface area contributed by atoms with E-state index in [0.29, 0.717) is 5.92 Å². The van der Waals surface area contributed by atoms with Gasteiger partial charge in [-0.1, -0.05) is 69.5 Å². The van der Waals surface area contributed by atoms with E-state index in [1.165, 1.54) is 27.9 Å². The molecule has 2 rings (SSSR count). The molecule has 0 nitrogen and oxygen atoms in total. The van der Waals surface area contributed by atoms with Gasteiger partial charge in [0.15, 0.2) is 0 Å². The fraction of sp³-hybridized carbons (Fsp3) is 0.300. The zero-order chi connectivity index (χ0) is 15.1. The maximum Gasteiger partial charge on any atom is 0.0142 e. The van der Waals surface area contributed by atoms with E-state index in [0.717, 1.165) is 6.42 Å². The van der Waals surface area contributed by atoms with Gasteiger partial charge >= 0.3 is 0 Å². The minimum atomic E-state index is 0.456. The molecule has 0 bridgehead atoms. The molecular weight excluding hydrogens is 240 g/mol. The van der Waals surface area contributed by atoms with Crippen molar-refractivity contribution >= 4 is 0 Å². The quantitative estimate of drug-likeness (QED) is 0.580. The van der Waals surface area contributed by atoms with E-state index < -0.39 is 0 Å². The molecule has 0 heterocycles. The molecule has 0 aromatic heterocycles. The zero-order valence-corrected chi connectivity index (χ0v) is 13.2. The van der Waals surface area contributed by atoms with Crippen LogP contribution in [0.15, 0.2) is 83.6 Å². The topological polar surface area (TPSA) is 0 Å². The summed E-state index contributed by atoms with van der Waals surface area (Å²) in [5, 5.41) is 0. The first-order chi connectivity index (χ1) is 9.78. The summed E-state index contributed by atoms with van der Waals surface area (Å²) in [6.07, 6.45) is 16.0. The Kier molecular flexibility index (Phi) is 6.24. The highest BCUT2D eigenvalue weighted by Crippen LogP contribution is 2.46. The van der Waals surface area contributed by atoms with Gasteiger partial charge < -0.3 is 0 Å². The molecule has 0 aromatic rings. The van der Waals surface area contributed by atoms with Gasteiger partial charge in [0.05, 0.1) is 0 Å². The van der Waals surface area contributed by atoms with Crippen LogP contribution in [0, 0.1) is 5.92 Å². The molecule has 0 radical (unpaired) electrons. The molecule has 106 valence electrons. The van der Waals surface area contributed by atoms with Crippen molar-refractivity contribution in [3.63, 3.8) is 0 Å². The average Bonchev–Trinajstić information content (AvgIpc) is 2.82. The van der Waals surface area contributed by atoms with Gasteiger partial charge in [0.1, 0.15) is 0 Å². The fourth-order valence-electron chi connectivity index (χ4n) is 2.93. The molecule has 20 heavy (non-hydrogen) atoms. The second kappa shape index (κ2) is 7.69. The van der Waals surface area contributed by atoms with Crippen LogP contribution in [0.3, 0.4) is 0 Å². The van der Waals surface area contributed by atoms with Gasteiger partial charge in [-0.3, -0.25) is 0 Å². The van der Waals surface area contributed by atoms with Gasteiger partial charge in [-0.2, -0.15) is 0 Å². The smallest absolute Gasteiger partial charge is 0.0142 e. The number of hydrogen-bond acceptors (Lipinski definition) is 0. The Balaban J connectivity index is 0.000000956. The average molecular weight is 266 g/mol. The monoisotopic (exact) mass is 266 g/mol. The Hall–Kier alpha value is -1.82. The molecule has 0 amide bonds. The van der Waals surface area contributed by atoms with Crippen LogP contribution in [0.1, 0.15) is 34.1 Å². The van der Waals surface area contributed by atoms with Gasteiger partial charge in [-0.15, -0.1) is 0 Å². The predicted octanol–water partition coefficient (Wildman–Crippen LogP) is 6.09. The third-order valence-corrected chi connectivity index (χ3v) is 3.66. The number of hydrogen-bond donors (Lipinski definition) is 0. The first-order valence-corrected chi connectivity index (χ1v) is 7.48. The number of allylic oxidation sites excluding steroid dienone is 12. The van der Waals surface area contributed by atoms with E-state index >= 15 is 0 Å². The summed E-state index contributed by atoms with van der Waals surface area (Å²) in [5.74, 6) is 0.456. The summed E-state index contributed by atoms with van der Waals surface area (Å²) < 4.78 is 0. The minimum Gasteiger partial charge on any atom is -0.0987 e. The second-order valence-electron chi connectivity index (χ2n) is 4.54. The maximum absolute atomic E-state index is 3.99. The molecule has 0 heteroatoms. The molecule has 0 aromatic carbocycles. The summed E-state index contributed by atoms with van der Waals surface area (Å²) in [5.41, 5.74) is 6.62. The molecule has 2 aliphatic rings. The lowest BCUT2D eigenvalue weighted by Gasteiger charge is -2.21. The number of rotatable bonds is 3. The lowest BCUT2D eigenvalue weighted by molar-refractivity contribution is 0.752. The van der Waals surface area contributed by atoms with E-state index in [2.05, 4.69) is 57.4 Å². The predicted molar refractivity (Wildman–Crippen MR) is 91.6 cm³/mol. The first-order valence-electron chi connectivity index (χ1n) is 7.48. The van der Waals surface area contributed by atoms with Crippen molar-refractivity contribution in [2.24, 2.45) is 5.92 Å². The van der Waals surface area contributed by atoms with Gasteiger partial charge in [-0.05, 0) is 48.1 Å². The van der Waals surface area contributed by atoms with Crippen molar-refractivity contribution in [2.45, 2.75) is 34.1 Å². The number of fused-ring (bicyclic) bond motifs is 1. The van der Waals surface area contributed by atoms with E-state index in [-0.39, 0.29) is 0 Å². The summed E-state index contributed by atoms with van der Waals surface area (Å²) in [4.78, 5) is 0. The van der Waals surface area contributed by atoms with E-state index in [9.17, 15) is 0 Å². The van der Waals surface area contributed by atoms with Gasteiger partial charge in [0.25, 0.3) is 0 Å². The van der Waals surface area contributed by atoms with Gasteiger partial charge in [-0.25, -0.2) is 0 Å². The molecule has 0 fully saturated rings. The Morgan fingerprint density at radius 1 is 1.10 bits per heavy atom. The summed E-state index contributed by atoms with van der Waals surface area (Å²) >= 11 is 0. The van der Waals surface area contributed by atoms with Crippen molar-refractivity contribution in [3.05, 3.63) is 83.6 Å². The van der Waals surface area contributed by atoms with Crippen molar-refractivity contribution < 1.29 is 0 Å². The van der Waals surface area contributed by atoms with Crippen LogP contribution in [0.5, 0.6) is 0 Å². The van der Waals surface area contributed by atoms with Crippen LogP contribution in [0.2, 0.25) is 0 Å². The fourth-order valence-corrected chi connectivity index (χ4v) is 2.93. The third kappa shape index (κ3) is 2.70. The Bertz CT molecular complexity index is 530. The summed E-state index contributed by atoms with van der Waals surface area (Å²) in [6, 6.07) is 0. The Labute approximate surface area is 124 Å². The summed E-state index contributed by atoms with van der Waals surface area (Å²) in [7, 11) is 0. The maximum atomic E-state index is 3.99. The SMILES string of the molecule is C=CC1=C2/C(=C\C)C=CCC2C(C=C)=C1/C=C\C.CC. The molecule has 1 unspecified atom stereocenters. The van der Waals surface area contributed by atoms with E-state index in [1.54, 1.807) is 0 Å². The molecule has 0 N–H and O–H groups in total. The standard InChI is InChI=1S/C18H20.C2H6/c1-5-10-16-14(7-3)17-12-9-11-13(6-2)18(17)15(16)8-4;1-2/h5-11,17H,3-4,12H2,1-2H3;1-2H3/b10-5-,13-6-;. The normalized spacial score (nSPS) is 23.0. The lowest BCUT2D eigenvalue weighted by Crippen LogP contribution is -2.07. The van der Waals surface area contributed by atoms with E-state index in [1.807, 2.05) is 26.0 Å². The van der Waals surface area contributed by atoms with Crippen LogP contribution in [-0.2, 0) is 0 Å². The molecule has 0 spiro atoms. The Morgan fingerprint density at radius 2 is 1.80 bits per heavy atom. The molecular formula is C20H26. The highest BCUT2D eigenvalue weighted by molar-refractivity contribution is 5.68. The molecule has 1 atom stereocenters. The van der Waals surface area contributed by atoms with Crippen molar-refractivity contribution in [1.82, 2.24) is 0 Å². The second-order valence-corrected chi connectivity index (χ2v) is 4.54. The lowest BCUT2D eigenvalue weighted by atomic mass is 9.82. The minimum absolute atomic E-state index is 0.456. The van der Waals surface area contributed by atoms with Gasteiger partial charge in [0.2, 0.25) is 0 Å². The van der Waals surface area contributed by atoms with E-state index in [4.69, 9.17) is 0 Å². The largest absolute Gasteiger partial charge is 0.0987 e. The zero-order valence-electron chi connectivity index (χ0n) is 13.2. The van der Waals surface area contributed by atoms with Crippen LogP contribution in [-0.4, -0.2) is 0 Å². The van der Waals surface area contributed by atoms with Crippen LogP contribution < -0.4 is 0 Å². The van der Waals surface area contributed by atoms with Crippen molar-refractivity contribution in [3.8, 4) is 0 Å². The third-order valence-electron chi connectivity index (χ3n) is 3.66. The van der Waals surface area contributed by atoms with Crippen LogP contribution >= 0.6 is 0 Å². The van der Waals surface area contributed by atoms with Crippen molar-refractivity contribution in [1.29, 1.82) is 0 Å². The summed E-state index contributed by atoms with van der Waals surface area (Å²) in [6.45, 7) is 16.1. The highest BCUT2D eigenvalue weighted by Gasteiger charge is 2.31. The van der Waals surface area contributed by atoms with Crippen LogP contribution in [0.25, 0.3) is 0 Å². The molecule has 0 saturated carbocycles. The molecule has 0 saturated heterocycles. The van der Waals surface area contributed by atoms with Gasteiger partial charge in [0, 0.05) is 5.92 Å². The first kappa shape index (κ1) is 16.2. The van der Waals surface area contributed by atoms with Crippen molar-refractivity contribution in [2.75, 3.05) is 0 Å². The highest BCUT2D eigenvalue weighted by atomic mass is 14.3. The molecule has 2 aliphatic carbocycles.